The first-order valence-electron chi connectivity index (χ1n) is 8.89. The normalized spacial score (nSPS) is 11.3. The van der Waals surface area contributed by atoms with Crippen LogP contribution in [-0.4, -0.2) is 25.2 Å². The Morgan fingerprint density at radius 2 is 1.96 bits per heavy atom. The zero-order valence-electron chi connectivity index (χ0n) is 14.7. The molecule has 0 saturated carbocycles. The van der Waals surface area contributed by atoms with E-state index >= 15 is 0 Å². The van der Waals surface area contributed by atoms with E-state index in [-0.39, 0.29) is 5.91 Å². The second kappa shape index (κ2) is 7.00. The van der Waals surface area contributed by atoms with Crippen molar-refractivity contribution in [1.82, 2.24) is 19.3 Å². The second-order valence-electron chi connectivity index (χ2n) is 6.30. The SMILES string of the molecule is CCn1c2ccccc2c2cc(NC(=O)CCCn3cncn3)ccc21. The van der Waals surface area contributed by atoms with Gasteiger partial charge in [0.25, 0.3) is 0 Å². The van der Waals surface area contributed by atoms with E-state index in [4.69, 9.17) is 0 Å². The summed E-state index contributed by atoms with van der Waals surface area (Å²) in [5.41, 5.74) is 3.25. The molecule has 0 radical (unpaired) electrons. The standard InChI is InChI=1S/C20H21N5O/c1-2-25-18-7-4-3-6-16(18)17-12-15(9-10-19(17)25)23-20(26)8-5-11-24-14-21-13-22-24/h3-4,6-7,9-10,12-14H,2,5,8,11H2,1H3,(H,23,26). The van der Waals surface area contributed by atoms with Gasteiger partial charge >= 0.3 is 0 Å². The number of anilines is 1. The largest absolute Gasteiger partial charge is 0.341 e. The highest BCUT2D eigenvalue weighted by atomic mass is 16.1. The Kier molecular flexibility index (Phi) is 4.39. The second-order valence-corrected chi connectivity index (χ2v) is 6.30. The van der Waals surface area contributed by atoms with E-state index in [0.717, 1.165) is 18.7 Å². The Labute approximate surface area is 151 Å². The number of hydrogen-bond donors (Lipinski definition) is 1. The Bertz CT molecular complexity index is 1050. The van der Waals surface area contributed by atoms with Gasteiger partial charge < -0.3 is 9.88 Å². The fourth-order valence-corrected chi connectivity index (χ4v) is 3.45. The van der Waals surface area contributed by atoms with Crippen molar-refractivity contribution in [2.75, 3.05) is 5.32 Å². The van der Waals surface area contributed by atoms with Crippen molar-refractivity contribution >= 4 is 33.4 Å². The minimum Gasteiger partial charge on any atom is -0.341 e. The van der Waals surface area contributed by atoms with Crippen LogP contribution < -0.4 is 5.32 Å². The molecule has 2 aromatic heterocycles. The molecule has 0 spiro atoms. The fourth-order valence-electron chi connectivity index (χ4n) is 3.45. The average Bonchev–Trinajstić information content (AvgIpc) is 3.27. The maximum atomic E-state index is 12.2. The number of hydrogen-bond acceptors (Lipinski definition) is 3. The number of aryl methyl sites for hydroxylation is 2. The molecule has 4 rings (SSSR count). The molecule has 6 heteroatoms. The minimum atomic E-state index is 0.0173. The van der Waals surface area contributed by atoms with Gasteiger partial charge in [-0.25, -0.2) is 4.98 Å². The predicted molar refractivity (Wildman–Crippen MR) is 103 cm³/mol. The quantitative estimate of drug-likeness (QED) is 0.576. The van der Waals surface area contributed by atoms with Crippen LogP contribution >= 0.6 is 0 Å². The lowest BCUT2D eigenvalue weighted by molar-refractivity contribution is -0.116. The lowest BCUT2D eigenvalue weighted by Crippen LogP contribution is -2.12. The van der Waals surface area contributed by atoms with Crippen molar-refractivity contribution in [2.24, 2.45) is 0 Å². The number of fused-ring (bicyclic) bond motifs is 3. The van der Waals surface area contributed by atoms with Gasteiger partial charge in [-0.2, -0.15) is 5.10 Å². The molecule has 0 aliphatic rings. The number of rotatable bonds is 6. The maximum absolute atomic E-state index is 12.2. The maximum Gasteiger partial charge on any atom is 0.224 e. The molecule has 132 valence electrons. The Morgan fingerprint density at radius 1 is 1.12 bits per heavy atom. The molecule has 2 aromatic carbocycles. The molecule has 2 heterocycles. The van der Waals surface area contributed by atoms with Crippen LogP contribution in [0, 0.1) is 0 Å². The van der Waals surface area contributed by atoms with Crippen LogP contribution in [0.5, 0.6) is 0 Å². The van der Waals surface area contributed by atoms with Gasteiger partial charge in [0.15, 0.2) is 0 Å². The van der Waals surface area contributed by atoms with E-state index in [2.05, 4.69) is 63.3 Å². The minimum absolute atomic E-state index is 0.0173. The monoisotopic (exact) mass is 347 g/mol. The van der Waals surface area contributed by atoms with Gasteiger partial charge in [-0.3, -0.25) is 9.48 Å². The number of benzene rings is 2. The number of carbonyl (C=O) groups excluding carboxylic acids is 1. The summed E-state index contributed by atoms with van der Waals surface area (Å²) in [6.45, 7) is 3.76. The Balaban J connectivity index is 1.52. The van der Waals surface area contributed by atoms with Crippen molar-refractivity contribution in [3.8, 4) is 0 Å². The molecule has 26 heavy (non-hydrogen) atoms. The molecule has 0 saturated heterocycles. The third kappa shape index (κ3) is 3.06. The first-order chi connectivity index (χ1) is 12.8. The van der Waals surface area contributed by atoms with Crippen molar-refractivity contribution < 1.29 is 4.79 Å². The van der Waals surface area contributed by atoms with E-state index in [1.54, 1.807) is 11.0 Å². The highest BCUT2D eigenvalue weighted by Gasteiger charge is 2.10. The van der Waals surface area contributed by atoms with Crippen LogP contribution in [-0.2, 0) is 17.9 Å². The molecule has 6 nitrogen and oxygen atoms in total. The van der Waals surface area contributed by atoms with E-state index in [0.29, 0.717) is 13.0 Å². The number of amides is 1. The molecule has 1 amide bonds. The van der Waals surface area contributed by atoms with E-state index in [1.807, 2.05) is 6.07 Å². The van der Waals surface area contributed by atoms with Gasteiger partial charge in [-0.15, -0.1) is 0 Å². The van der Waals surface area contributed by atoms with Gasteiger partial charge in [0.1, 0.15) is 12.7 Å². The zero-order chi connectivity index (χ0) is 17.9. The summed E-state index contributed by atoms with van der Waals surface area (Å²) >= 11 is 0. The van der Waals surface area contributed by atoms with Crippen LogP contribution in [0.1, 0.15) is 19.8 Å². The molecule has 0 bridgehead atoms. The molecule has 0 aliphatic carbocycles. The van der Waals surface area contributed by atoms with Crippen LogP contribution in [0.3, 0.4) is 0 Å². The Hall–Kier alpha value is -3.15. The predicted octanol–water partition coefficient (Wildman–Crippen LogP) is 3.82. The van der Waals surface area contributed by atoms with Crippen molar-refractivity contribution in [2.45, 2.75) is 32.9 Å². The van der Waals surface area contributed by atoms with E-state index in [9.17, 15) is 4.79 Å². The summed E-state index contributed by atoms with van der Waals surface area (Å²) in [4.78, 5) is 16.1. The highest BCUT2D eigenvalue weighted by Crippen LogP contribution is 2.30. The number of nitrogens with one attached hydrogen (secondary N) is 1. The van der Waals surface area contributed by atoms with Crippen molar-refractivity contribution in [1.29, 1.82) is 0 Å². The lowest BCUT2D eigenvalue weighted by atomic mass is 10.1. The third-order valence-corrected chi connectivity index (χ3v) is 4.63. The van der Waals surface area contributed by atoms with Crippen LogP contribution in [0.2, 0.25) is 0 Å². The number of carbonyl (C=O) groups is 1. The van der Waals surface area contributed by atoms with Gasteiger partial charge in [-0.1, -0.05) is 18.2 Å². The smallest absolute Gasteiger partial charge is 0.224 e. The highest BCUT2D eigenvalue weighted by molar-refractivity contribution is 6.09. The van der Waals surface area contributed by atoms with Crippen LogP contribution in [0.4, 0.5) is 5.69 Å². The van der Waals surface area contributed by atoms with Crippen molar-refractivity contribution in [3.05, 3.63) is 55.1 Å². The molecular weight excluding hydrogens is 326 g/mol. The summed E-state index contributed by atoms with van der Waals surface area (Å²) in [5, 5.41) is 9.44. The van der Waals surface area contributed by atoms with Gasteiger partial charge in [0, 0.05) is 47.0 Å². The number of para-hydroxylation sites is 1. The van der Waals surface area contributed by atoms with Gasteiger partial charge in [0.2, 0.25) is 5.91 Å². The van der Waals surface area contributed by atoms with E-state index < -0.39 is 0 Å². The molecule has 0 fully saturated rings. The van der Waals surface area contributed by atoms with E-state index in [1.165, 1.54) is 28.1 Å². The number of nitrogens with zero attached hydrogens (tertiary/aromatic N) is 4. The summed E-state index contributed by atoms with van der Waals surface area (Å²) < 4.78 is 4.04. The summed E-state index contributed by atoms with van der Waals surface area (Å²) in [7, 11) is 0. The first kappa shape index (κ1) is 16.3. The molecule has 1 N–H and O–H groups in total. The third-order valence-electron chi connectivity index (χ3n) is 4.63. The van der Waals surface area contributed by atoms with Crippen LogP contribution in [0.25, 0.3) is 21.8 Å². The zero-order valence-corrected chi connectivity index (χ0v) is 14.7. The first-order valence-corrected chi connectivity index (χ1v) is 8.89. The summed E-state index contributed by atoms with van der Waals surface area (Å²) in [6, 6.07) is 14.5. The summed E-state index contributed by atoms with van der Waals surface area (Å²) in [6.07, 6.45) is 4.35. The molecule has 4 aromatic rings. The van der Waals surface area contributed by atoms with Gasteiger partial charge in [0.05, 0.1) is 0 Å². The fraction of sp³-hybridized carbons (Fsp3) is 0.250. The Morgan fingerprint density at radius 3 is 2.77 bits per heavy atom. The van der Waals surface area contributed by atoms with Crippen molar-refractivity contribution in [3.63, 3.8) is 0 Å². The van der Waals surface area contributed by atoms with Gasteiger partial charge in [-0.05, 0) is 37.6 Å². The number of aromatic nitrogens is 4. The average molecular weight is 347 g/mol. The summed E-state index contributed by atoms with van der Waals surface area (Å²) in [5.74, 6) is 0.0173. The topological polar surface area (TPSA) is 64.7 Å². The molecular formula is C20H21N5O. The molecule has 0 unspecified atom stereocenters. The molecule has 0 atom stereocenters. The molecule has 0 aliphatic heterocycles. The van der Waals surface area contributed by atoms with Crippen LogP contribution in [0.15, 0.2) is 55.1 Å². The lowest BCUT2D eigenvalue weighted by Gasteiger charge is -2.07.